The number of amides is 4. The van der Waals surface area contributed by atoms with E-state index in [0.29, 0.717) is 12.8 Å². The third-order valence-electron chi connectivity index (χ3n) is 9.11. The number of carbonyl (C=O) groups is 4. The van der Waals surface area contributed by atoms with Crippen LogP contribution < -0.4 is 0 Å². The van der Waals surface area contributed by atoms with Gasteiger partial charge in [0, 0.05) is 29.4 Å². The van der Waals surface area contributed by atoms with Crippen LogP contribution in [0.3, 0.4) is 0 Å². The van der Waals surface area contributed by atoms with Gasteiger partial charge >= 0.3 is 0 Å². The highest BCUT2D eigenvalue weighted by atomic mass is 16.2. The maximum absolute atomic E-state index is 12.6. The first-order valence-corrected chi connectivity index (χ1v) is 17.4. The number of hydrogen-bond acceptors (Lipinski definition) is 4. The van der Waals surface area contributed by atoms with Crippen LogP contribution in [-0.4, -0.2) is 45.5 Å². The summed E-state index contributed by atoms with van der Waals surface area (Å²) in [6.45, 7) is 11.1. The molecule has 0 aliphatic carbocycles. The number of rotatable bonds is 6. The zero-order valence-corrected chi connectivity index (χ0v) is 30.1. The monoisotopic (exact) mass is 668 g/mol. The third-order valence-corrected chi connectivity index (χ3v) is 9.11. The fraction of sp³-hybridized carbons (Fsp3) is 0.318. The largest absolute Gasteiger partial charge is 0.279 e. The highest BCUT2D eigenvalue weighted by molar-refractivity contribution is 6.05. The van der Waals surface area contributed by atoms with Crippen molar-refractivity contribution in [1.82, 2.24) is 9.80 Å². The van der Waals surface area contributed by atoms with Gasteiger partial charge in [-0.05, 0) is 52.6 Å². The van der Waals surface area contributed by atoms with Crippen molar-refractivity contribution in [3.8, 4) is 22.3 Å². The second-order valence-electron chi connectivity index (χ2n) is 15.2. The molecule has 4 amide bonds. The first kappa shape index (κ1) is 36.2. The molecule has 4 aromatic carbocycles. The highest BCUT2D eigenvalue weighted by Gasteiger charge is 2.40. The number of imide groups is 2. The average molecular weight is 669 g/mol. The molecule has 1 fully saturated rings. The van der Waals surface area contributed by atoms with E-state index in [1.54, 1.807) is 0 Å². The van der Waals surface area contributed by atoms with Crippen molar-refractivity contribution >= 4 is 23.6 Å². The van der Waals surface area contributed by atoms with E-state index in [-0.39, 0.29) is 35.7 Å². The van der Waals surface area contributed by atoms with Gasteiger partial charge in [-0.25, -0.2) is 0 Å². The molecule has 0 bridgehead atoms. The zero-order valence-electron chi connectivity index (χ0n) is 30.1. The van der Waals surface area contributed by atoms with Gasteiger partial charge in [-0.1, -0.05) is 157 Å². The lowest BCUT2D eigenvalue weighted by Crippen LogP contribution is -2.46. The Hall–Kier alpha value is -5.10. The van der Waals surface area contributed by atoms with Gasteiger partial charge in [-0.2, -0.15) is 0 Å². The maximum atomic E-state index is 12.6. The minimum absolute atomic E-state index is 0.0261. The molecule has 0 N–H and O–H groups in total. The van der Waals surface area contributed by atoms with Crippen molar-refractivity contribution in [1.29, 1.82) is 0 Å². The van der Waals surface area contributed by atoms with Gasteiger partial charge in [0.2, 0.25) is 17.7 Å². The molecule has 0 saturated carbocycles. The van der Waals surface area contributed by atoms with E-state index in [1.807, 2.05) is 84.0 Å². The summed E-state index contributed by atoms with van der Waals surface area (Å²) < 4.78 is 0. The normalized spacial score (nSPS) is 17.5. The minimum atomic E-state index is -0.572. The van der Waals surface area contributed by atoms with E-state index >= 15 is 0 Å². The second kappa shape index (κ2) is 15.2. The Morgan fingerprint density at radius 2 is 1.00 bits per heavy atom. The molecular formula is C44H48N2O4. The van der Waals surface area contributed by atoms with Crippen LogP contribution in [0.4, 0.5) is 0 Å². The molecule has 50 heavy (non-hydrogen) atoms. The number of carbonyl (C=O) groups excluding carboxylic acids is 4. The molecule has 2 aliphatic heterocycles. The fourth-order valence-electron chi connectivity index (χ4n) is 6.31. The van der Waals surface area contributed by atoms with Crippen LogP contribution in [0, 0.1) is 10.8 Å². The molecular weight excluding hydrogens is 620 g/mol. The van der Waals surface area contributed by atoms with E-state index < -0.39 is 10.8 Å². The minimum Gasteiger partial charge on any atom is -0.279 e. The van der Waals surface area contributed by atoms with Gasteiger partial charge in [0.25, 0.3) is 5.91 Å². The third kappa shape index (κ3) is 8.73. The Kier molecular flexibility index (Phi) is 11.0. The number of benzene rings is 4. The molecule has 2 heterocycles. The molecule has 2 aliphatic rings. The van der Waals surface area contributed by atoms with Gasteiger partial charge in [-0.15, -0.1) is 0 Å². The first-order valence-electron chi connectivity index (χ1n) is 17.4. The zero-order chi connectivity index (χ0) is 36.1. The van der Waals surface area contributed by atoms with Crippen LogP contribution in [0.1, 0.15) is 65.5 Å². The maximum Gasteiger partial charge on any atom is 0.253 e. The Labute approximate surface area is 296 Å². The van der Waals surface area contributed by atoms with Gasteiger partial charge in [0.1, 0.15) is 0 Å². The number of likely N-dealkylation sites (tertiary alicyclic amines) is 1. The molecule has 6 rings (SSSR count). The van der Waals surface area contributed by atoms with E-state index in [1.165, 1.54) is 32.6 Å². The fourth-order valence-corrected chi connectivity index (χ4v) is 6.31. The Bertz CT molecular complexity index is 1810. The molecule has 4 aromatic rings. The average Bonchev–Trinajstić information content (AvgIpc) is 3.65. The first-order chi connectivity index (χ1) is 23.7. The Balaban J connectivity index is 0.000000194. The summed E-state index contributed by atoms with van der Waals surface area (Å²) in [6, 6.07) is 37.0. The number of hydrogen-bond donors (Lipinski definition) is 0. The van der Waals surface area contributed by atoms with E-state index in [2.05, 4.69) is 72.8 Å². The summed E-state index contributed by atoms with van der Waals surface area (Å²) in [6.07, 6.45) is 5.92. The van der Waals surface area contributed by atoms with Gasteiger partial charge in [0.15, 0.2) is 0 Å². The summed E-state index contributed by atoms with van der Waals surface area (Å²) in [7, 11) is 0. The molecule has 1 saturated heterocycles. The molecule has 0 radical (unpaired) electrons. The summed E-state index contributed by atoms with van der Waals surface area (Å²) >= 11 is 0. The lowest BCUT2D eigenvalue weighted by Gasteiger charge is -2.29. The second-order valence-corrected chi connectivity index (χ2v) is 15.2. The van der Waals surface area contributed by atoms with Gasteiger partial charge in [0.05, 0.1) is 6.04 Å². The van der Waals surface area contributed by atoms with E-state index in [4.69, 9.17) is 0 Å². The van der Waals surface area contributed by atoms with Crippen LogP contribution in [0.25, 0.3) is 22.3 Å². The van der Waals surface area contributed by atoms with Crippen LogP contribution in [0.15, 0.2) is 121 Å². The van der Waals surface area contributed by atoms with Gasteiger partial charge in [-0.3, -0.25) is 29.0 Å². The Morgan fingerprint density at radius 3 is 1.46 bits per heavy atom. The van der Waals surface area contributed by atoms with Crippen molar-refractivity contribution in [3.63, 3.8) is 0 Å². The van der Waals surface area contributed by atoms with Crippen molar-refractivity contribution in [3.05, 3.63) is 132 Å². The molecule has 0 unspecified atom stereocenters. The quantitative estimate of drug-likeness (QED) is 0.206. The van der Waals surface area contributed by atoms with Crippen molar-refractivity contribution in [2.24, 2.45) is 10.8 Å². The standard InChI is InChI=1S/C22H25NO2.C22H23NO2/c2*1-22(2,3)21(25)23-19(13-14-20(23)24)15-16-9-11-18(12-10-16)17-7-5-4-6-8-17/h4-12,19H,13-15H2,1-3H3;4-14,19H,15H2,1-3H3/t2*19-/m00/s1. The highest BCUT2D eigenvalue weighted by Crippen LogP contribution is 2.30. The predicted octanol–water partition coefficient (Wildman–Crippen LogP) is 8.70. The Morgan fingerprint density at radius 1 is 0.580 bits per heavy atom. The summed E-state index contributed by atoms with van der Waals surface area (Å²) in [5.74, 6) is -0.453. The lowest BCUT2D eigenvalue weighted by molar-refractivity contribution is -0.150. The van der Waals surface area contributed by atoms with Crippen LogP contribution in [0.5, 0.6) is 0 Å². The molecule has 6 heteroatoms. The van der Waals surface area contributed by atoms with Gasteiger partial charge < -0.3 is 0 Å². The topological polar surface area (TPSA) is 74.8 Å². The molecule has 258 valence electrons. The molecule has 0 spiro atoms. The summed E-state index contributed by atoms with van der Waals surface area (Å²) in [4.78, 5) is 52.4. The van der Waals surface area contributed by atoms with E-state index in [9.17, 15) is 19.2 Å². The lowest BCUT2D eigenvalue weighted by atomic mass is 9.93. The van der Waals surface area contributed by atoms with Crippen molar-refractivity contribution < 1.29 is 19.2 Å². The molecule has 2 atom stereocenters. The molecule has 0 aromatic heterocycles. The van der Waals surface area contributed by atoms with E-state index in [0.717, 1.165) is 29.5 Å². The smallest absolute Gasteiger partial charge is 0.253 e. The predicted molar refractivity (Wildman–Crippen MR) is 200 cm³/mol. The number of nitrogens with zero attached hydrogens (tertiary/aromatic N) is 2. The van der Waals surface area contributed by atoms with Crippen molar-refractivity contribution in [2.45, 2.75) is 79.3 Å². The summed E-state index contributed by atoms with van der Waals surface area (Å²) in [5.41, 5.74) is 5.86. The van der Waals surface area contributed by atoms with Crippen LogP contribution in [-0.2, 0) is 32.0 Å². The molecule has 6 nitrogen and oxygen atoms in total. The van der Waals surface area contributed by atoms with Crippen LogP contribution >= 0.6 is 0 Å². The SMILES string of the molecule is CC(C)(C)C(=O)N1C(=O)C=C[C@H]1Cc1ccc(-c2ccccc2)cc1.CC(C)(C)C(=O)N1C(=O)CC[C@H]1Cc1ccc(-c2ccccc2)cc1. The summed E-state index contributed by atoms with van der Waals surface area (Å²) in [5, 5.41) is 0. The van der Waals surface area contributed by atoms with Crippen molar-refractivity contribution in [2.75, 3.05) is 0 Å². The van der Waals surface area contributed by atoms with Crippen LogP contribution in [0.2, 0.25) is 0 Å².